The predicted molar refractivity (Wildman–Crippen MR) is 111 cm³/mol. The number of epoxide rings is 1. The van der Waals surface area contributed by atoms with Gasteiger partial charge in [-0.25, -0.2) is 4.79 Å². The minimum absolute atomic E-state index is 0.0249. The molecule has 4 aliphatic carbocycles. The molecule has 5 rings (SSSR count). The van der Waals surface area contributed by atoms with Crippen molar-refractivity contribution < 1.29 is 59.2 Å². The Morgan fingerprint density at radius 2 is 1.97 bits per heavy atom. The van der Waals surface area contributed by atoms with Gasteiger partial charge >= 0.3 is 11.9 Å². The zero-order valence-electron chi connectivity index (χ0n) is 19.2. The Labute approximate surface area is 200 Å². The van der Waals surface area contributed by atoms with Crippen LogP contribution in [0.5, 0.6) is 0 Å². The van der Waals surface area contributed by atoms with Crippen molar-refractivity contribution in [1.29, 1.82) is 0 Å². The lowest BCUT2D eigenvalue weighted by Gasteiger charge is -2.53. The number of esters is 2. The van der Waals surface area contributed by atoms with Gasteiger partial charge in [0.1, 0.15) is 17.8 Å². The van der Waals surface area contributed by atoms with Crippen LogP contribution < -0.4 is 0 Å². The number of hydrogen-bond donors (Lipinski definition) is 6. The Bertz CT molecular complexity index is 997. The summed E-state index contributed by atoms with van der Waals surface area (Å²) in [5, 5.41) is 64.1. The van der Waals surface area contributed by atoms with Crippen LogP contribution in [0.25, 0.3) is 0 Å². The van der Waals surface area contributed by atoms with Crippen LogP contribution in [0.1, 0.15) is 26.7 Å². The first-order valence-electron chi connectivity index (χ1n) is 11.8. The van der Waals surface area contributed by atoms with E-state index in [1.807, 2.05) is 0 Å². The van der Waals surface area contributed by atoms with Crippen molar-refractivity contribution in [1.82, 2.24) is 0 Å². The first kappa shape index (κ1) is 24.8. The van der Waals surface area contributed by atoms with Crippen molar-refractivity contribution >= 4 is 17.7 Å². The molecule has 0 radical (unpaired) electrons. The summed E-state index contributed by atoms with van der Waals surface area (Å²) in [7, 11) is 0. The summed E-state index contributed by atoms with van der Waals surface area (Å²) in [4.78, 5) is 37.6. The summed E-state index contributed by atoms with van der Waals surface area (Å²) < 4.78 is 17.0. The maximum atomic E-state index is 12.8. The molecule has 194 valence electrons. The summed E-state index contributed by atoms with van der Waals surface area (Å²) in [6, 6.07) is 0. The molecule has 0 aromatic carbocycles. The van der Waals surface area contributed by atoms with Gasteiger partial charge in [0.2, 0.25) is 0 Å². The molecule has 12 unspecified atom stereocenters. The summed E-state index contributed by atoms with van der Waals surface area (Å²) in [6.07, 6.45) is -3.54. The summed E-state index contributed by atoms with van der Waals surface area (Å²) in [5.74, 6) is -6.73. The highest BCUT2D eigenvalue weighted by Crippen LogP contribution is 2.72. The monoisotopic (exact) mass is 498 g/mol. The van der Waals surface area contributed by atoms with Gasteiger partial charge in [-0.1, -0.05) is 19.9 Å². The number of carbonyl (C=O) groups excluding carboxylic acids is 3. The van der Waals surface area contributed by atoms with Crippen LogP contribution in [0.15, 0.2) is 12.2 Å². The molecule has 35 heavy (non-hydrogen) atoms. The molecule has 4 fully saturated rings. The Morgan fingerprint density at radius 3 is 2.57 bits per heavy atom. The Balaban J connectivity index is 1.64. The van der Waals surface area contributed by atoms with Crippen LogP contribution in [0.3, 0.4) is 0 Å². The first-order valence-corrected chi connectivity index (χ1v) is 11.8. The minimum Gasteiger partial charge on any atom is -0.458 e. The van der Waals surface area contributed by atoms with E-state index < -0.39 is 101 Å². The van der Waals surface area contributed by atoms with E-state index in [0.29, 0.717) is 0 Å². The van der Waals surface area contributed by atoms with Crippen LogP contribution in [0.2, 0.25) is 0 Å². The minimum atomic E-state index is -2.51. The maximum absolute atomic E-state index is 12.8. The molecular weight excluding hydrogens is 468 g/mol. The van der Waals surface area contributed by atoms with E-state index in [2.05, 4.69) is 0 Å². The van der Waals surface area contributed by atoms with Gasteiger partial charge in [-0.3, -0.25) is 9.59 Å². The highest BCUT2D eigenvalue weighted by molar-refractivity contribution is 6.01. The lowest BCUT2D eigenvalue weighted by molar-refractivity contribution is -0.246. The number of aliphatic hydroxyl groups is 6. The number of hydrogen-bond acceptors (Lipinski definition) is 12. The quantitative estimate of drug-likeness (QED) is 0.160. The van der Waals surface area contributed by atoms with Gasteiger partial charge in [0.05, 0.1) is 24.9 Å². The fourth-order valence-corrected chi connectivity index (χ4v) is 7.02. The van der Waals surface area contributed by atoms with E-state index in [1.54, 1.807) is 6.92 Å². The maximum Gasteiger partial charge on any atom is 0.338 e. The number of aliphatic hydroxyl groups excluding tert-OH is 4. The van der Waals surface area contributed by atoms with Gasteiger partial charge in [-0.15, -0.1) is 0 Å². The van der Waals surface area contributed by atoms with Gasteiger partial charge in [-0.2, -0.15) is 0 Å². The summed E-state index contributed by atoms with van der Waals surface area (Å²) >= 11 is 0. The average Bonchev–Trinajstić information content (AvgIpc) is 3.72. The number of rotatable bonds is 6. The lowest BCUT2D eigenvalue weighted by atomic mass is 9.58. The highest BCUT2D eigenvalue weighted by atomic mass is 16.6. The molecule has 12 atom stereocenters. The smallest absolute Gasteiger partial charge is 0.338 e. The second kappa shape index (κ2) is 7.54. The molecule has 1 saturated heterocycles. The topological polar surface area (TPSA) is 204 Å². The van der Waals surface area contributed by atoms with Crippen LogP contribution >= 0.6 is 0 Å². The molecule has 0 aromatic heterocycles. The molecule has 1 aliphatic heterocycles. The third kappa shape index (κ3) is 2.84. The van der Waals surface area contributed by atoms with Crippen LogP contribution in [-0.4, -0.2) is 108 Å². The van der Waals surface area contributed by atoms with E-state index in [1.165, 1.54) is 13.0 Å². The van der Waals surface area contributed by atoms with Crippen LogP contribution in [0, 0.1) is 23.7 Å². The largest absolute Gasteiger partial charge is 0.458 e. The normalized spacial score (nSPS) is 51.8. The van der Waals surface area contributed by atoms with Crippen molar-refractivity contribution in [2.45, 2.75) is 73.5 Å². The second-order valence-corrected chi connectivity index (χ2v) is 10.4. The SMILES string of the molecule is CCC(=O)OC1C(C)C2(O)C(C3CC31OC(=O)C(O)CO)C1OC1(CO)C(O)C1(O)C(=O)C=CC12. The fraction of sp³-hybridized carbons (Fsp3) is 0.783. The van der Waals surface area contributed by atoms with Crippen molar-refractivity contribution in [3.63, 3.8) is 0 Å². The summed E-state index contributed by atoms with van der Waals surface area (Å²) in [6.45, 7) is 1.43. The third-order valence-corrected chi connectivity index (χ3v) is 8.95. The van der Waals surface area contributed by atoms with E-state index in [-0.39, 0.29) is 12.8 Å². The summed E-state index contributed by atoms with van der Waals surface area (Å²) in [5.41, 5.74) is -7.71. The van der Waals surface area contributed by atoms with Crippen molar-refractivity contribution in [2.75, 3.05) is 13.2 Å². The lowest BCUT2D eigenvalue weighted by Crippen LogP contribution is -2.69. The number of fused-ring (bicyclic) bond motifs is 7. The Hall–Kier alpha value is -1.93. The molecular formula is C23H30O12. The van der Waals surface area contributed by atoms with Crippen molar-refractivity contribution in [3.8, 4) is 0 Å². The Morgan fingerprint density at radius 1 is 1.29 bits per heavy atom. The molecule has 0 amide bonds. The zero-order chi connectivity index (χ0) is 25.7. The fourth-order valence-electron chi connectivity index (χ4n) is 7.02. The number of carbonyl (C=O) groups is 3. The number of ether oxygens (including phenoxy) is 3. The molecule has 0 spiro atoms. The molecule has 1 heterocycles. The van der Waals surface area contributed by atoms with Crippen molar-refractivity contribution in [2.24, 2.45) is 23.7 Å². The molecule has 0 bridgehead atoms. The average molecular weight is 498 g/mol. The third-order valence-electron chi connectivity index (χ3n) is 8.95. The van der Waals surface area contributed by atoms with Crippen LogP contribution in [0.4, 0.5) is 0 Å². The molecule has 12 nitrogen and oxygen atoms in total. The highest BCUT2D eigenvalue weighted by Gasteiger charge is 2.88. The van der Waals surface area contributed by atoms with E-state index >= 15 is 0 Å². The van der Waals surface area contributed by atoms with Crippen LogP contribution in [-0.2, 0) is 28.6 Å². The number of ketones is 1. The van der Waals surface area contributed by atoms with Gasteiger partial charge in [-0.05, 0) is 12.5 Å². The Kier molecular flexibility index (Phi) is 5.33. The van der Waals surface area contributed by atoms with Crippen molar-refractivity contribution in [3.05, 3.63) is 12.2 Å². The molecule has 3 saturated carbocycles. The van der Waals surface area contributed by atoms with Gasteiger partial charge in [0.25, 0.3) is 0 Å². The molecule has 5 aliphatic rings. The molecule has 12 heteroatoms. The molecule has 6 N–H and O–H groups in total. The van der Waals surface area contributed by atoms with E-state index in [0.717, 1.165) is 6.08 Å². The second-order valence-electron chi connectivity index (χ2n) is 10.4. The van der Waals surface area contributed by atoms with Gasteiger partial charge in [0.15, 0.2) is 23.1 Å². The zero-order valence-corrected chi connectivity index (χ0v) is 19.2. The molecule has 0 aromatic rings. The van der Waals surface area contributed by atoms with E-state index in [9.17, 15) is 45.0 Å². The predicted octanol–water partition coefficient (Wildman–Crippen LogP) is -3.05. The standard InChI is InChI=1S/C23H30O12/c1-3-14(28)33-16-9(2)22(31)12-4-5-13(27)23(12,32)19(30)21(8-25)17(34-21)15(22)10-6-20(10,16)35-18(29)11(26)7-24/h4-5,9-12,15-17,19,24-26,30-32H,3,6-8H2,1-2H3. The van der Waals surface area contributed by atoms with Gasteiger partial charge in [0, 0.05) is 30.1 Å². The first-order chi connectivity index (χ1) is 16.4. The van der Waals surface area contributed by atoms with Gasteiger partial charge < -0.3 is 44.8 Å². The van der Waals surface area contributed by atoms with E-state index in [4.69, 9.17) is 14.2 Å².